The molecule has 116 valence electrons. The van der Waals surface area contributed by atoms with Crippen LogP contribution in [0, 0.1) is 5.92 Å². The summed E-state index contributed by atoms with van der Waals surface area (Å²) in [6.07, 6.45) is 1.34. The molecule has 0 fully saturated rings. The predicted molar refractivity (Wildman–Crippen MR) is 82.4 cm³/mol. The lowest BCUT2D eigenvalue weighted by Gasteiger charge is -2.29. The second-order valence-electron chi connectivity index (χ2n) is 6.54. The Hall–Kier alpha value is -1.55. The van der Waals surface area contributed by atoms with E-state index in [1.165, 1.54) is 0 Å². The van der Waals surface area contributed by atoms with E-state index in [1.54, 1.807) is 6.92 Å². The summed E-state index contributed by atoms with van der Waals surface area (Å²) < 4.78 is 5.57. The van der Waals surface area contributed by atoms with Crippen molar-refractivity contribution in [1.29, 1.82) is 0 Å². The maximum atomic E-state index is 12.4. The summed E-state index contributed by atoms with van der Waals surface area (Å²) in [6.45, 7) is 6.72. The number of amides is 1. The zero-order valence-corrected chi connectivity index (χ0v) is 13.1. The highest BCUT2D eigenvalue weighted by Gasteiger charge is 2.29. The van der Waals surface area contributed by atoms with Crippen molar-refractivity contribution in [3.05, 3.63) is 29.8 Å². The first-order valence-electron chi connectivity index (χ1n) is 7.61. The summed E-state index contributed by atoms with van der Waals surface area (Å²) in [6, 6.07) is 7.66. The van der Waals surface area contributed by atoms with Gasteiger partial charge in [0, 0.05) is 12.1 Å². The van der Waals surface area contributed by atoms with E-state index in [2.05, 4.69) is 19.2 Å². The van der Waals surface area contributed by atoms with Crippen molar-refractivity contribution in [2.45, 2.75) is 45.1 Å². The molecule has 2 atom stereocenters. The number of carbonyl (C=O) groups excluding carboxylic acids is 1. The molecule has 0 radical (unpaired) electrons. The van der Waals surface area contributed by atoms with Crippen molar-refractivity contribution in [3.8, 4) is 5.75 Å². The Morgan fingerprint density at radius 2 is 2.19 bits per heavy atom. The normalized spacial score (nSPS) is 20.3. The van der Waals surface area contributed by atoms with Crippen LogP contribution in [0.15, 0.2) is 24.3 Å². The maximum absolute atomic E-state index is 12.4. The van der Waals surface area contributed by atoms with Gasteiger partial charge in [-0.15, -0.1) is 0 Å². The van der Waals surface area contributed by atoms with Crippen LogP contribution >= 0.6 is 0 Å². The van der Waals surface area contributed by atoms with Gasteiger partial charge < -0.3 is 15.2 Å². The van der Waals surface area contributed by atoms with Crippen LogP contribution < -0.4 is 10.1 Å². The lowest BCUT2D eigenvalue weighted by atomic mass is 9.91. The number of benzene rings is 1. The van der Waals surface area contributed by atoms with Crippen LogP contribution in [0.3, 0.4) is 0 Å². The first kappa shape index (κ1) is 15.8. The molecule has 2 unspecified atom stereocenters. The number of aliphatic hydroxyl groups is 1. The Labute approximate surface area is 126 Å². The third kappa shape index (κ3) is 4.21. The fraction of sp³-hybridized carbons (Fsp3) is 0.588. The Bertz CT molecular complexity index is 497. The molecule has 21 heavy (non-hydrogen) atoms. The molecular weight excluding hydrogens is 266 g/mol. The summed E-state index contributed by atoms with van der Waals surface area (Å²) in [7, 11) is 0. The number of fused-ring (bicyclic) bond motifs is 1. The molecule has 0 saturated carbocycles. The summed E-state index contributed by atoms with van der Waals surface area (Å²) in [5.41, 5.74) is 0.0684. The molecule has 1 aromatic rings. The van der Waals surface area contributed by atoms with Crippen molar-refractivity contribution in [2.75, 3.05) is 13.2 Å². The molecule has 0 saturated heterocycles. The van der Waals surface area contributed by atoms with Gasteiger partial charge >= 0.3 is 0 Å². The van der Waals surface area contributed by atoms with Crippen LogP contribution in [0.4, 0.5) is 0 Å². The molecule has 1 amide bonds. The van der Waals surface area contributed by atoms with E-state index in [1.807, 2.05) is 24.3 Å². The summed E-state index contributed by atoms with van der Waals surface area (Å²) in [5.74, 6) is 0.957. The van der Waals surface area contributed by atoms with Crippen molar-refractivity contribution in [1.82, 2.24) is 5.32 Å². The van der Waals surface area contributed by atoms with Crippen LogP contribution in [0.25, 0.3) is 0 Å². The Morgan fingerprint density at radius 3 is 2.90 bits per heavy atom. The van der Waals surface area contributed by atoms with Crippen molar-refractivity contribution in [3.63, 3.8) is 0 Å². The van der Waals surface area contributed by atoms with Crippen LogP contribution in [0.1, 0.15) is 45.1 Å². The van der Waals surface area contributed by atoms with Gasteiger partial charge in [-0.3, -0.25) is 4.79 Å². The second kappa shape index (κ2) is 6.48. The van der Waals surface area contributed by atoms with Crippen LogP contribution in [-0.2, 0) is 4.79 Å². The largest absolute Gasteiger partial charge is 0.493 e. The van der Waals surface area contributed by atoms with Crippen molar-refractivity contribution >= 4 is 5.91 Å². The van der Waals surface area contributed by atoms with Gasteiger partial charge in [0.1, 0.15) is 5.75 Å². The minimum absolute atomic E-state index is 0.0326. The minimum Gasteiger partial charge on any atom is -0.493 e. The highest BCUT2D eigenvalue weighted by atomic mass is 16.5. The molecule has 2 rings (SSSR count). The monoisotopic (exact) mass is 291 g/mol. The molecular formula is C17H25NO3. The molecule has 0 spiro atoms. The molecule has 1 aliphatic rings. The molecule has 0 aliphatic carbocycles. The maximum Gasteiger partial charge on any atom is 0.227 e. The standard InChI is InChI=1S/C17H25NO3/c1-12(2)10-17(3,20)11-18-16(19)14-8-9-21-15-7-5-4-6-13(14)15/h4-7,12,14,20H,8-11H2,1-3H3,(H,18,19). The number of nitrogens with one attached hydrogen (secondary N) is 1. The number of rotatable bonds is 5. The van der Waals surface area contributed by atoms with E-state index in [0.29, 0.717) is 25.4 Å². The first-order valence-corrected chi connectivity index (χ1v) is 7.61. The number of hydrogen-bond donors (Lipinski definition) is 2. The zero-order valence-electron chi connectivity index (χ0n) is 13.1. The second-order valence-corrected chi connectivity index (χ2v) is 6.54. The Morgan fingerprint density at radius 1 is 1.48 bits per heavy atom. The smallest absolute Gasteiger partial charge is 0.227 e. The van der Waals surface area contributed by atoms with E-state index in [4.69, 9.17) is 4.74 Å². The van der Waals surface area contributed by atoms with E-state index in [9.17, 15) is 9.90 Å². The third-order valence-electron chi connectivity index (χ3n) is 3.77. The zero-order chi connectivity index (χ0) is 15.5. The Balaban J connectivity index is 1.99. The fourth-order valence-electron chi connectivity index (χ4n) is 2.97. The van der Waals surface area contributed by atoms with Gasteiger partial charge in [0.15, 0.2) is 0 Å². The molecule has 1 heterocycles. The number of carbonyl (C=O) groups is 1. The molecule has 4 nitrogen and oxygen atoms in total. The summed E-state index contributed by atoms with van der Waals surface area (Å²) in [5, 5.41) is 13.2. The summed E-state index contributed by atoms with van der Waals surface area (Å²) >= 11 is 0. The number of para-hydroxylation sites is 1. The average Bonchev–Trinajstić information content (AvgIpc) is 2.43. The molecule has 1 aliphatic heterocycles. The molecule has 0 bridgehead atoms. The lowest BCUT2D eigenvalue weighted by Crippen LogP contribution is -2.43. The van der Waals surface area contributed by atoms with Gasteiger partial charge in [-0.25, -0.2) is 0 Å². The van der Waals surface area contributed by atoms with Gasteiger partial charge in [0.2, 0.25) is 5.91 Å². The molecule has 4 heteroatoms. The molecule has 1 aromatic carbocycles. The fourth-order valence-corrected chi connectivity index (χ4v) is 2.97. The average molecular weight is 291 g/mol. The predicted octanol–water partition coefficient (Wildman–Crippen LogP) is 2.47. The van der Waals surface area contributed by atoms with Crippen LogP contribution in [0.5, 0.6) is 5.75 Å². The number of ether oxygens (including phenoxy) is 1. The quantitative estimate of drug-likeness (QED) is 0.876. The summed E-state index contributed by atoms with van der Waals surface area (Å²) in [4.78, 5) is 12.4. The van der Waals surface area contributed by atoms with Gasteiger partial charge in [0.25, 0.3) is 0 Å². The Kier molecular flexibility index (Phi) is 4.88. The van der Waals surface area contributed by atoms with Gasteiger partial charge in [0.05, 0.1) is 18.1 Å². The van der Waals surface area contributed by atoms with Gasteiger partial charge in [-0.1, -0.05) is 32.0 Å². The van der Waals surface area contributed by atoms with Crippen molar-refractivity contribution < 1.29 is 14.6 Å². The first-order chi connectivity index (χ1) is 9.89. The van der Waals surface area contributed by atoms with E-state index < -0.39 is 5.60 Å². The highest BCUT2D eigenvalue weighted by molar-refractivity contribution is 5.84. The topological polar surface area (TPSA) is 58.6 Å². The van der Waals surface area contributed by atoms with E-state index in [0.717, 1.165) is 11.3 Å². The SMILES string of the molecule is CC(C)CC(C)(O)CNC(=O)C1CCOc2ccccc21. The van der Waals surface area contributed by atoms with E-state index in [-0.39, 0.29) is 18.4 Å². The molecule has 0 aromatic heterocycles. The number of hydrogen-bond acceptors (Lipinski definition) is 3. The van der Waals surface area contributed by atoms with Gasteiger partial charge in [-0.05, 0) is 31.7 Å². The van der Waals surface area contributed by atoms with Gasteiger partial charge in [-0.2, -0.15) is 0 Å². The molecule has 2 N–H and O–H groups in total. The lowest BCUT2D eigenvalue weighted by molar-refractivity contribution is -0.124. The minimum atomic E-state index is -0.867. The highest BCUT2D eigenvalue weighted by Crippen LogP contribution is 2.33. The van der Waals surface area contributed by atoms with E-state index >= 15 is 0 Å². The third-order valence-corrected chi connectivity index (χ3v) is 3.77. The van der Waals surface area contributed by atoms with Crippen LogP contribution in [0.2, 0.25) is 0 Å². The van der Waals surface area contributed by atoms with Crippen LogP contribution in [-0.4, -0.2) is 29.8 Å². The van der Waals surface area contributed by atoms with Crippen molar-refractivity contribution in [2.24, 2.45) is 5.92 Å².